The van der Waals surface area contributed by atoms with E-state index in [1.54, 1.807) is 24.2 Å². The Labute approximate surface area is 169 Å². The number of rotatable bonds is 5. The van der Waals surface area contributed by atoms with Crippen molar-refractivity contribution in [2.45, 2.75) is 32.5 Å². The fourth-order valence-corrected chi connectivity index (χ4v) is 2.53. The summed E-state index contributed by atoms with van der Waals surface area (Å²) in [6, 6.07) is 1.53. The second-order valence-corrected chi connectivity index (χ2v) is 7.53. The van der Waals surface area contributed by atoms with Gasteiger partial charge in [0.2, 0.25) is 0 Å². The first-order valence-corrected chi connectivity index (χ1v) is 9.21. The van der Waals surface area contributed by atoms with Gasteiger partial charge in [-0.1, -0.05) is 11.6 Å². The van der Waals surface area contributed by atoms with E-state index in [2.05, 4.69) is 15.2 Å². The van der Waals surface area contributed by atoms with Gasteiger partial charge in [-0.25, -0.2) is 4.79 Å². The second-order valence-electron chi connectivity index (χ2n) is 7.14. The molecule has 2 heterocycles. The molecule has 0 aliphatic carbocycles. The smallest absolute Gasteiger partial charge is 0.410 e. The van der Waals surface area contributed by atoms with Crippen molar-refractivity contribution in [3.05, 3.63) is 23.0 Å². The third-order valence-electron chi connectivity index (χ3n) is 3.62. The van der Waals surface area contributed by atoms with Gasteiger partial charge in [0.25, 0.3) is 0 Å². The van der Waals surface area contributed by atoms with E-state index in [4.69, 9.17) is 31.5 Å². The maximum atomic E-state index is 12.3. The van der Waals surface area contributed by atoms with Crippen molar-refractivity contribution >= 4 is 29.6 Å². The van der Waals surface area contributed by atoms with Crippen LogP contribution in [0.1, 0.15) is 26.5 Å². The first-order chi connectivity index (χ1) is 13.2. The lowest BCUT2D eigenvalue weighted by Crippen LogP contribution is -2.49. The molecule has 9 nitrogen and oxygen atoms in total. The highest BCUT2D eigenvalue weighted by Crippen LogP contribution is 2.24. The fraction of sp³-hybridized carbons (Fsp3) is 0.556. The zero-order valence-electron chi connectivity index (χ0n) is 16.5. The Morgan fingerprint density at radius 3 is 2.93 bits per heavy atom. The van der Waals surface area contributed by atoms with E-state index in [1.165, 1.54) is 6.07 Å². The minimum absolute atomic E-state index is 0.177. The van der Waals surface area contributed by atoms with Crippen molar-refractivity contribution in [1.29, 1.82) is 0 Å². The maximum absolute atomic E-state index is 12.3. The molecular weight excluding hydrogens is 386 g/mol. The first kappa shape index (κ1) is 21.9. The first-order valence-electron chi connectivity index (χ1n) is 8.83. The Hall–Kier alpha value is -2.39. The number of carbonyl (C=O) groups excluding carboxylic acids is 1. The van der Waals surface area contributed by atoms with Crippen LogP contribution < -0.4 is 10.5 Å². The minimum atomic E-state index is -0.554. The molecule has 1 fully saturated rings. The molecule has 2 rings (SSSR count). The number of aromatic nitrogens is 2. The Morgan fingerprint density at radius 1 is 1.50 bits per heavy atom. The monoisotopic (exact) mass is 411 g/mol. The molecule has 1 saturated heterocycles. The lowest BCUT2D eigenvalue weighted by atomic mass is 10.2. The van der Waals surface area contributed by atoms with Crippen LogP contribution in [-0.2, 0) is 9.47 Å². The van der Waals surface area contributed by atoms with Crippen LogP contribution in [0.4, 0.5) is 4.79 Å². The van der Waals surface area contributed by atoms with Gasteiger partial charge in [0.15, 0.2) is 16.6 Å². The van der Waals surface area contributed by atoms with Crippen LogP contribution in [0.3, 0.4) is 0 Å². The summed E-state index contributed by atoms with van der Waals surface area (Å²) in [4.78, 5) is 17.7. The minimum Gasteiger partial charge on any atom is -0.488 e. The number of ether oxygens (including phenoxy) is 3. The van der Waals surface area contributed by atoms with Gasteiger partial charge in [0.05, 0.1) is 18.8 Å². The zero-order valence-corrected chi connectivity index (χ0v) is 17.3. The van der Waals surface area contributed by atoms with E-state index in [0.717, 1.165) is 0 Å². The number of hydrogen-bond acceptors (Lipinski definition) is 8. The number of morpholine rings is 1. The summed E-state index contributed by atoms with van der Waals surface area (Å²) >= 11 is 5.93. The van der Waals surface area contributed by atoms with Gasteiger partial charge in [-0.05, 0) is 26.8 Å². The summed E-state index contributed by atoms with van der Waals surface area (Å²) in [5.74, 6) is 0.372. The molecule has 1 aliphatic rings. The van der Waals surface area contributed by atoms with E-state index < -0.39 is 5.60 Å². The summed E-state index contributed by atoms with van der Waals surface area (Å²) in [6.45, 7) is 6.88. The highest BCUT2D eigenvalue weighted by molar-refractivity contribution is 6.29. The van der Waals surface area contributed by atoms with Crippen LogP contribution >= 0.6 is 11.6 Å². The molecule has 0 bridgehead atoms. The van der Waals surface area contributed by atoms with Crippen LogP contribution in [0.15, 0.2) is 17.1 Å². The van der Waals surface area contributed by atoms with Crippen molar-refractivity contribution < 1.29 is 19.0 Å². The van der Waals surface area contributed by atoms with Crippen LogP contribution in [0.5, 0.6) is 5.75 Å². The lowest BCUT2D eigenvalue weighted by molar-refractivity contribution is -0.0557. The Balaban J connectivity index is 2.03. The molecule has 1 aliphatic heterocycles. The van der Waals surface area contributed by atoms with Gasteiger partial charge in [0, 0.05) is 25.9 Å². The Kier molecular flexibility index (Phi) is 7.59. The van der Waals surface area contributed by atoms with Gasteiger partial charge in [-0.3, -0.25) is 4.99 Å². The molecule has 1 atom stereocenters. The van der Waals surface area contributed by atoms with E-state index >= 15 is 0 Å². The van der Waals surface area contributed by atoms with Gasteiger partial charge < -0.3 is 24.8 Å². The summed E-state index contributed by atoms with van der Waals surface area (Å²) in [6.07, 6.45) is 2.43. The van der Waals surface area contributed by atoms with E-state index in [1.807, 2.05) is 20.8 Å². The molecule has 1 unspecified atom stereocenters. The molecule has 1 amide bonds. The highest BCUT2D eigenvalue weighted by Gasteiger charge is 2.28. The quantitative estimate of drug-likeness (QED) is 0.738. The molecule has 10 heteroatoms. The van der Waals surface area contributed by atoms with Crippen molar-refractivity contribution in [2.75, 3.05) is 33.4 Å². The molecular formula is C18H26ClN5O4. The Bertz CT molecular complexity index is 748. The van der Waals surface area contributed by atoms with Gasteiger partial charge in [0.1, 0.15) is 18.3 Å². The average Bonchev–Trinajstić information content (AvgIpc) is 2.63. The molecule has 0 saturated carbocycles. The number of nitrogens with zero attached hydrogens (tertiary/aromatic N) is 4. The highest BCUT2D eigenvalue weighted by atomic mass is 35.5. The summed E-state index contributed by atoms with van der Waals surface area (Å²) in [5, 5.41) is 7.97. The Morgan fingerprint density at radius 2 is 2.25 bits per heavy atom. The molecule has 0 spiro atoms. The number of halogens is 1. The number of allylic oxidation sites excluding steroid dienone is 1. The number of amides is 1. The standard InChI is InChI=1S/C18H26ClN5O4/c1-18(2,3)28-17(25)24-7-8-26-12(10-24)11-27-14-9-15(19)22-23-16(14)13(20)5-6-21-4/h5-6,9,12H,7-8,10-11,20H2,1-4H3/b13-5-,21-6?. The van der Waals surface area contributed by atoms with Crippen LogP contribution in [0.2, 0.25) is 5.15 Å². The van der Waals surface area contributed by atoms with Crippen LogP contribution in [0, 0.1) is 0 Å². The summed E-state index contributed by atoms with van der Waals surface area (Å²) in [7, 11) is 1.63. The molecule has 1 aromatic rings. The summed E-state index contributed by atoms with van der Waals surface area (Å²) in [5.41, 5.74) is 6.14. The topological polar surface area (TPSA) is 112 Å². The average molecular weight is 412 g/mol. The molecule has 2 N–H and O–H groups in total. The maximum Gasteiger partial charge on any atom is 0.410 e. The lowest BCUT2D eigenvalue weighted by Gasteiger charge is -2.34. The van der Waals surface area contributed by atoms with Gasteiger partial charge in [-0.15, -0.1) is 10.2 Å². The van der Waals surface area contributed by atoms with Crippen molar-refractivity contribution in [2.24, 2.45) is 10.7 Å². The molecule has 28 heavy (non-hydrogen) atoms. The number of aliphatic imine (C=N–C) groups is 1. The third kappa shape index (κ3) is 6.65. The molecule has 0 aromatic carbocycles. The molecule has 1 aromatic heterocycles. The molecule has 154 valence electrons. The van der Waals surface area contributed by atoms with Crippen molar-refractivity contribution in [3.63, 3.8) is 0 Å². The van der Waals surface area contributed by atoms with E-state index in [9.17, 15) is 4.79 Å². The summed E-state index contributed by atoms with van der Waals surface area (Å²) < 4.78 is 16.9. The fourth-order valence-electron chi connectivity index (χ4n) is 2.39. The van der Waals surface area contributed by atoms with Gasteiger partial charge >= 0.3 is 6.09 Å². The van der Waals surface area contributed by atoms with Crippen molar-refractivity contribution in [1.82, 2.24) is 15.1 Å². The van der Waals surface area contributed by atoms with E-state index in [-0.39, 0.29) is 24.0 Å². The zero-order chi connectivity index (χ0) is 20.7. The third-order valence-corrected chi connectivity index (χ3v) is 3.81. The number of nitrogens with two attached hydrogens (primary N) is 1. The van der Waals surface area contributed by atoms with E-state index in [0.29, 0.717) is 36.8 Å². The van der Waals surface area contributed by atoms with Gasteiger partial charge in [-0.2, -0.15) is 0 Å². The number of carbonyl (C=O) groups is 1. The predicted molar refractivity (Wildman–Crippen MR) is 107 cm³/mol. The largest absolute Gasteiger partial charge is 0.488 e. The van der Waals surface area contributed by atoms with Crippen LogP contribution in [-0.4, -0.2) is 72.5 Å². The predicted octanol–water partition coefficient (Wildman–Crippen LogP) is 2.14. The molecule has 0 radical (unpaired) electrons. The van der Waals surface area contributed by atoms with Crippen LogP contribution in [0.25, 0.3) is 5.70 Å². The van der Waals surface area contributed by atoms with Crippen molar-refractivity contribution in [3.8, 4) is 5.75 Å². The SMILES string of the molecule is CN=C/C=C(\N)c1nnc(Cl)cc1OCC1CN(C(=O)OC(C)(C)C)CCO1. The number of hydrogen-bond donors (Lipinski definition) is 1. The normalized spacial score (nSPS) is 18.4. The second kappa shape index (κ2) is 9.70.